The Hall–Kier alpha value is -5.85. The maximum atomic E-state index is 12.9. The third-order valence-electron chi connectivity index (χ3n) is 9.18. The molecule has 1 aliphatic carbocycles. The number of aliphatic carboxylic acids is 1. The number of carboxylic acids is 1. The SMILES string of the molecule is O=C(N[C@@H](Cc1ccc(OC(c2ccccc2)(c2ccccc2)c2ccccc2Cl)cc1)C(=O)O)OCC1c2ccccc2-c2ccccc21. The summed E-state index contributed by atoms with van der Waals surface area (Å²) in [6, 6.07) is 49.6. The number of hydrogen-bond donors (Lipinski definition) is 2. The number of fused-ring (bicyclic) bond motifs is 3. The van der Waals surface area contributed by atoms with E-state index in [1.165, 1.54) is 0 Å². The van der Waals surface area contributed by atoms with Crippen molar-refractivity contribution in [3.8, 4) is 16.9 Å². The van der Waals surface area contributed by atoms with Crippen LogP contribution in [0.25, 0.3) is 11.1 Å². The van der Waals surface area contributed by atoms with E-state index in [0.717, 1.165) is 38.9 Å². The number of alkyl carbamates (subject to hydrolysis) is 1. The summed E-state index contributed by atoms with van der Waals surface area (Å²) < 4.78 is 12.6. The quantitative estimate of drug-likeness (QED) is 0.133. The first-order valence-corrected chi connectivity index (χ1v) is 16.8. The number of hydrogen-bond acceptors (Lipinski definition) is 4. The zero-order valence-corrected chi connectivity index (χ0v) is 27.8. The molecule has 1 atom stereocenters. The Bertz CT molecular complexity index is 2030. The molecule has 0 heterocycles. The van der Waals surface area contributed by atoms with E-state index in [9.17, 15) is 14.7 Å². The highest BCUT2D eigenvalue weighted by Crippen LogP contribution is 2.45. The van der Waals surface area contributed by atoms with Crippen LogP contribution in [-0.4, -0.2) is 29.8 Å². The monoisotopic (exact) mass is 679 g/mol. The van der Waals surface area contributed by atoms with Crippen molar-refractivity contribution in [2.45, 2.75) is 24.0 Å². The second-order valence-corrected chi connectivity index (χ2v) is 12.6. The molecule has 0 saturated carbocycles. The summed E-state index contributed by atoms with van der Waals surface area (Å²) in [6.45, 7) is 0.0915. The highest BCUT2D eigenvalue weighted by atomic mass is 35.5. The van der Waals surface area contributed by atoms with Gasteiger partial charge < -0.3 is 19.9 Å². The van der Waals surface area contributed by atoms with E-state index in [1.54, 1.807) is 24.3 Å². The first-order valence-electron chi connectivity index (χ1n) is 16.4. The van der Waals surface area contributed by atoms with Crippen molar-refractivity contribution in [3.05, 3.63) is 196 Å². The molecule has 0 spiro atoms. The number of ether oxygens (including phenoxy) is 2. The smallest absolute Gasteiger partial charge is 0.407 e. The van der Waals surface area contributed by atoms with Gasteiger partial charge in [0.25, 0.3) is 0 Å². The van der Waals surface area contributed by atoms with Crippen molar-refractivity contribution in [1.29, 1.82) is 0 Å². The third kappa shape index (κ3) is 6.46. The second kappa shape index (κ2) is 14.3. The Morgan fingerprint density at radius 1 is 0.680 bits per heavy atom. The third-order valence-corrected chi connectivity index (χ3v) is 9.51. The van der Waals surface area contributed by atoms with Crippen molar-refractivity contribution in [2.75, 3.05) is 6.61 Å². The number of amides is 1. The zero-order chi connectivity index (χ0) is 34.5. The van der Waals surface area contributed by atoms with Crippen LogP contribution >= 0.6 is 11.6 Å². The summed E-state index contributed by atoms with van der Waals surface area (Å²) in [6.07, 6.45) is -0.734. The van der Waals surface area contributed by atoms with Gasteiger partial charge in [0.05, 0.1) is 0 Å². The lowest BCUT2D eigenvalue weighted by Gasteiger charge is -2.37. The summed E-state index contributed by atoms with van der Waals surface area (Å²) in [5.74, 6) is -0.740. The Balaban J connectivity index is 1.09. The Labute approximate surface area is 295 Å². The van der Waals surface area contributed by atoms with Gasteiger partial charge in [-0.3, -0.25) is 0 Å². The van der Waals surface area contributed by atoms with Gasteiger partial charge in [-0.05, 0) is 46.0 Å². The number of nitrogens with one attached hydrogen (secondary N) is 1. The standard InChI is InChI=1S/C43H34ClNO5/c44-39-22-12-11-21-38(39)43(30-13-3-1-4-14-30,31-15-5-2-6-16-31)50-32-25-23-29(24-26-32)27-40(41(46)47)45-42(48)49-28-37-35-19-9-7-17-33(35)34-18-8-10-20-36(34)37/h1-26,37,40H,27-28H2,(H,45,48)(H,46,47)/t40-/m0/s1. The van der Waals surface area contributed by atoms with Gasteiger partial charge in [-0.2, -0.15) is 0 Å². The molecule has 248 valence electrons. The Morgan fingerprint density at radius 2 is 1.20 bits per heavy atom. The number of halogens is 1. The fourth-order valence-electron chi connectivity index (χ4n) is 6.83. The fourth-order valence-corrected chi connectivity index (χ4v) is 7.10. The normalized spacial score (nSPS) is 12.7. The number of carbonyl (C=O) groups excluding carboxylic acids is 1. The molecule has 1 amide bonds. The largest absolute Gasteiger partial charge is 0.480 e. The number of carbonyl (C=O) groups is 2. The summed E-state index contributed by atoms with van der Waals surface area (Å²) >= 11 is 6.85. The van der Waals surface area contributed by atoms with Gasteiger partial charge >= 0.3 is 12.1 Å². The highest BCUT2D eigenvalue weighted by Gasteiger charge is 2.40. The van der Waals surface area contributed by atoms with Crippen LogP contribution in [0.1, 0.15) is 39.3 Å². The van der Waals surface area contributed by atoms with Gasteiger partial charge in [-0.15, -0.1) is 0 Å². The average molecular weight is 680 g/mol. The summed E-state index contributed by atoms with van der Waals surface area (Å²) in [7, 11) is 0. The number of carboxylic acid groups (broad SMARTS) is 1. The van der Waals surface area contributed by atoms with Crippen LogP contribution < -0.4 is 10.1 Å². The van der Waals surface area contributed by atoms with Crippen molar-refractivity contribution < 1.29 is 24.2 Å². The van der Waals surface area contributed by atoms with Gasteiger partial charge in [0.2, 0.25) is 0 Å². The van der Waals surface area contributed by atoms with Crippen LogP contribution in [0.15, 0.2) is 158 Å². The van der Waals surface area contributed by atoms with Crippen LogP contribution in [0.5, 0.6) is 5.75 Å². The molecule has 7 rings (SSSR count). The maximum absolute atomic E-state index is 12.9. The van der Waals surface area contributed by atoms with Crippen molar-refractivity contribution in [1.82, 2.24) is 5.32 Å². The lowest BCUT2D eigenvalue weighted by atomic mass is 9.80. The number of rotatable bonds is 11. The van der Waals surface area contributed by atoms with Gasteiger partial charge in [-0.1, -0.05) is 151 Å². The zero-order valence-electron chi connectivity index (χ0n) is 27.0. The Kier molecular flexibility index (Phi) is 9.37. The molecule has 6 aromatic carbocycles. The molecule has 0 radical (unpaired) electrons. The lowest BCUT2D eigenvalue weighted by molar-refractivity contribution is -0.139. The van der Waals surface area contributed by atoms with Gasteiger partial charge in [0.15, 0.2) is 5.60 Å². The molecule has 7 heteroatoms. The molecule has 0 fully saturated rings. The molecule has 0 aromatic heterocycles. The molecular formula is C43H34ClNO5. The van der Waals surface area contributed by atoms with E-state index < -0.39 is 23.7 Å². The molecular weight excluding hydrogens is 646 g/mol. The van der Waals surface area contributed by atoms with Crippen LogP contribution in [0.3, 0.4) is 0 Å². The van der Waals surface area contributed by atoms with Crippen LogP contribution in [0.2, 0.25) is 5.02 Å². The van der Waals surface area contributed by atoms with Crippen LogP contribution in [-0.2, 0) is 21.6 Å². The van der Waals surface area contributed by atoms with Crippen molar-refractivity contribution in [3.63, 3.8) is 0 Å². The minimum Gasteiger partial charge on any atom is -0.480 e. The first-order chi connectivity index (χ1) is 24.4. The molecule has 0 unspecified atom stereocenters. The van der Waals surface area contributed by atoms with E-state index in [-0.39, 0.29) is 18.9 Å². The predicted molar refractivity (Wildman–Crippen MR) is 195 cm³/mol. The van der Waals surface area contributed by atoms with E-state index in [4.69, 9.17) is 21.1 Å². The second-order valence-electron chi connectivity index (χ2n) is 12.2. The van der Waals surface area contributed by atoms with Crippen molar-refractivity contribution >= 4 is 23.7 Å². The summed E-state index contributed by atoms with van der Waals surface area (Å²) in [4.78, 5) is 25.2. The van der Waals surface area contributed by atoms with E-state index in [1.807, 2.05) is 121 Å². The molecule has 50 heavy (non-hydrogen) atoms. The molecule has 6 nitrogen and oxygen atoms in total. The van der Waals surface area contributed by atoms with Crippen LogP contribution in [0, 0.1) is 0 Å². The van der Waals surface area contributed by atoms with E-state index in [0.29, 0.717) is 16.3 Å². The lowest BCUT2D eigenvalue weighted by Crippen LogP contribution is -2.42. The molecule has 0 bridgehead atoms. The summed E-state index contributed by atoms with van der Waals surface area (Å²) in [5, 5.41) is 13.1. The molecule has 0 aliphatic heterocycles. The highest BCUT2D eigenvalue weighted by molar-refractivity contribution is 6.31. The van der Waals surface area contributed by atoms with Crippen molar-refractivity contribution in [2.24, 2.45) is 0 Å². The fraction of sp³-hybridized carbons (Fsp3) is 0.116. The molecule has 6 aromatic rings. The average Bonchev–Trinajstić information content (AvgIpc) is 3.48. The molecule has 0 saturated heterocycles. The van der Waals surface area contributed by atoms with Crippen LogP contribution in [0.4, 0.5) is 4.79 Å². The molecule has 2 N–H and O–H groups in total. The maximum Gasteiger partial charge on any atom is 0.407 e. The van der Waals surface area contributed by atoms with E-state index in [2.05, 4.69) is 17.4 Å². The minimum atomic E-state index is -1.20. The predicted octanol–water partition coefficient (Wildman–Crippen LogP) is 9.25. The minimum absolute atomic E-state index is 0.0484. The molecule has 1 aliphatic rings. The topological polar surface area (TPSA) is 84.9 Å². The van der Waals surface area contributed by atoms with Gasteiger partial charge in [0.1, 0.15) is 18.4 Å². The number of benzene rings is 6. The first kappa shape index (κ1) is 32.7. The van der Waals surface area contributed by atoms with E-state index >= 15 is 0 Å². The Morgan fingerprint density at radius 3 is 1.76 bits per heavy atom. The summed E-state index contributed by atoms with van der Waals surface area (Å²) in [5.41, 5.74) is 6.57. The van der Waals surface area contributed by atoms with Gasteiger partial charge in [-0.25, -0.2) is 9.59 Å². The van der Waals surface area contributed by atoms with Gasteiger partial charge in [0, 0.05) is 34.1 Å².